The highest BCUT2D eigenvalue weighted by Gasteiger charge is 2.31. The van der Waals surface area contributed by atoms with Crippen LogP contribution in [-0.4, -0.2) is 37.7 Å². The van der Waals surface area contributed by atoms with Crippen molar-refractivity contribution in [3.05, 3.63) is 65.7 Å². The molecule has 5 nitrogen and oxygen atoms in total. The van der Waals surface area contributed by atoms with Crippen LogP contribution in [0.4, 0.5) is 0 Å². The summed E-state index contributed by atoms with van der Waals surface area (Å²) in [6, 6.07) is 17.8. The lowest BCUT2D eigenvalue weighted by molar-refractivity contribution is 0.0735. The Hall–Kier alpha value is -3.21. The van der Waals surface area contributed by atoms with Crippen LogP contribution in [0.3, 0.4) is 0 Å². The number of hydrogen-bond donors (Lipinski definition) is 0. The lowest BCUT2D eigenvalue weighted by Gasteiger charge is -2.27. The normalized spacial score (nSPS) is 18.1. The van der Waals surface area contributed by atoms with Crippen molar-refractivity contribution in [3.8, 4) is 17.2 Å². The number of rotatable bonds is 3. The molecule has 0 N–H and O–H groups in total. The average molecular weight is 389 g/mol. The fraction of sp³-hybridized carbons (Fsp3) is 0.292. The topological polar surface area (TPSA) is 48.0 Å². The molecule has 2 heterocycles. The lowest BCUT2D eigenvalue weighted by Crippen LogP contribution is -2.30. The molecule has 0 aliphatic carbocycles. The number of nitrogens with zero attached hydrogens (tertiary/aromatic N) is 1. The van der Waals surface area contributed by atoms with Gasteiger partial charge in [0, 0.05) is 12.1 Å². The third-order valence-electron chi connectivity index (χ3n) is 5.76. The van der Waals surface area contributed by atoms with Gasteiger partial charge in [0.05, 0.1) is 13.2 Å². The maximum absolute atomic E-state index is 13.3. The zero-order valence-corrected chi connectivity index (χ0v) is 16.4. The first-order valence-electron chi connectivity index (χ1n) is 10.0. The highest BCUT2D eigenvalue weighted by molar-refractivity contribution is 5.99. The Labute approximate surface area is 169 Å². The van der Waals surface area contributed by atoms with Crippen molar-refractivity contribution < 1.29 is 19.0 Å². The number of hydrogen-bond acceptors (Lipinski definition) is 4. The van der Waals surface area contributed by atoms with Crippen LogP contribution < -0.4 is 14.2 Å². The standard InChI is InChI=1S/C24H23NO4/c1-27-20-8-6-16-13-19(5-4-17(16)14-20)24(26)25-10-2-3-21(25)18-7-9-22-23(15-18)29-12-11-28-22/h4-9,13-15,21H,2-3,10-12H2,1H3/t21-/m1/s1. The molecule has 1 atom stereocenters. The van der Waals surface area contributed by atoms with E-state index in [1.165, 1.54) is 0 Å². The quantitative estimate of drug-likeness (QED) is 0.657. The number of benzene rings is 3. The van der Waals surface area contributed by atoms with E-state index in [0.29, 0.717) is 18.8 Å². The number of carbonyl (C=O) groups excluding carboxylic acids is 1. The summed E-state index contributed by atoms with van der Waals surface area (Å²) in [5.74, 6) is 2.43. The van der Waals surface area contributed by atoms with Gasteiger partial charge < -0.3 is 19.1 Å². The predicted molar refractivity (Wildman–Crippen MR) is 111 cm³/mol. The number of amides is 1. The molecular formula is C24H23NO4. The summed E-state index contributed by atoms with van der Waals surface area (Å²) in [5, 5.41) is 2.09. The Balaban J connectivity index is 1.43. The molecule has 5 rings (SSSR count). The molecule has 3 aromatic carbocycles. The molecule has 1 fully saturated rings. The molecule has 29 heavy (non-hydrogen) atoms. The van der Waals surface area contributed by atoms with E-state index in [4.69, 9.17) is 14.2 Å². The number of likely N-dealkylation sites (tertiary alicyclic amines) is 1. The summed E-state index contributed by atoms with van der Waals surface area (Å²) >= 11 is 0. The average Bonchev–Trinajstić information content (AvgIpc) is 3.27. The molecule has 1 amide bonds. The second-order valence-corrected chi connectivity index (χ2v) is 7.49. The fourth-order valence-corrected chi connectivity index (χ4v) is 4.27. The first kappa shape index (κ1) is 17.9. The third-order valence-corrected chi connectivity index (χ3v) is 5.76. The largest absolute Gasteiger partial charge is 0.497 e. The third kappa shape index (κ3) is 3.27. The first-order valence-corrected chi connectivity index (χ1v) is 10.0. The van der Waals surface area contributed by atoms with Crippen LogP contribution in [-0.2, 0) is 0 Å². The Morgan fingerprint density at radius 2 is 1.76 bits per heavy atom. The molecular weight excluding hydrogens is 366 g/mol. The van der Waals surface area contributed by atoms with Gasteiger partial charge in [0.2, 0.25) is 0 Å². The van der Waals surface area contributed by atoms with Gasteiger partial charge in [-0.2, -0.15) is 0 Å². The minimum absolute atomic E-state index is 0.0601. The number of carbonyl (C=O) groups is 1. The predicted octanol–water partition coefficient (Wildman–Crippen LogP) is 4.60. The summed E-state index contributed by atoms with van der Waals surface area (Å²) in [7, 11) is 1.66. The van der Waals surface area contributed by atoms with Crippen LogP contribution in [0.5, 0.6) is 17.2 Å². The van der Waals surface area contributed by atoms with Gasteiger partial charge in [-0.05, 0) is 65.6 Å². The zero-order chi connectivity index (χ0) is 19.8. The van der Waals surface area contributed by atoms with Crippen LogP contribution in [0, 0.1) is 0 Å². The Bertz CT molecular complexity index is 1080. The second kappa shape index (κ2) is 7.32. The van der Waals surface area contributed by atoms with Crippen molar-refractivity contribution in [1.82, 2.24) is 4.90 Å². The van der Waals surface area contributed by atoms with E-state index in [0.717, 1.165) is 53.0 Å². The van der Waals surface area contributed by atoms with E-state index in [1.54, 1.807) is 7.11 Å². The van der Waals surface area contributed by atoms with Crippen LogP contribution in [0.25, 0.3) is 10.8 Å². The Kier molecular flexibility index (Phi) is 4.51. The van der Waals surface area contributed by atoms with Gasteiger partial charge in [-0.15, -0.1) is 0 Å². The molecule has 0 radical (unpaired) electrons. The molecule has 0 spiro atoms. The molecule has 2 aliphatic rings. The summed E-state index contributed by atoms with van der Waals surface area (Å²) in [5.41, 5.74) is 1.82. The highest BCUT2D eigenvalue weighted by atomic mass is 16.6. The van der Waals surface area contributed by atoms with Crippen LogP contribution in [0.1, 0.15) is 34.8 Å². The second-order valence-electron chi connectivity index (χ2n) is 7.49. The molecule has 3 aromatic rings. The minimum atomic E-state index is 0.0601. The highest BCUT2D eigenvalue weighted by Crippen LogP contribution is 2.38. The van der Waals surface area contributed by atoms with Crippen LogP contribution in [0.2, 0.25) is 0 Å². The van der Waals surface area contributed by atoms with Crippen LogP contribution >= 0.6 is 0 Å². The van der Waals surface area contributed by atoms with Gasteiger partial charge >= 0.3 is 0 Å². The number of ether oxygens (including phenoxy) is 3. The van der Waals surface area contributed by atoms with E-state index in [2.05, 4.69) is 6.07 Å². The fourth-order valence-electron chi connectivity index (χ4n) is 4.27. The molecule has 0 bridgehead atoms. The van der Waals surface area contributed by atoms with Gasteiger partial charge in [0.15, 0.2) is 11.5 Å². The van der Waals surface area contributed by atoms with Crippen molar-refractivity contribution >= 4 is 16.7 Å². The molecule has 0 aromatic heterocycles. The van der Waals surface area contributed by atoms with Gasteiger partial charge in [-0.25, -0.2) is 0 Å². The molecule has 0 saturated carbocycles. The molecule has 5 heteroatoms. The zero-order valence-electron chi connectivity index (χ0n) is 16.4. The van der Waals surface area contributed by atoms with Crippen LogP contribution in [0.15, 0.2) is 54.6 Å². The van der Waals surface area contributed by atoms with E-state index in [-0.39, 0.29) is 11.9 Å². The SMILES string of the molecule is COc1ccc2cc(C(=O)N3CCC[C@@H]3c3ccc4c(c3)OCCO4)ccc2c1. The van der Waals surface area contributed by atoms with E-state index >= 15 is 0 Å². The maximum atomic E-state index is 13.3. The van der Waals surface area contributed by atoms with Crippen molar-refractivity contribution in [2.45, 2.75) is 18.9 Å². The molecule has 148 valence electrons. The summed E-state index contributed by atoms with van der Waals surface area (Å²) < 4.78 is 16.6. The smallest absolute Gasteiger partial charge is 0.254 e. The monoisotopic (exact) mass is 389 g/mol. The molecule has 2 aliphatic heterocycles. The summed E-state index contributed by atoms with van der Waals surface area (Å²) in [6.07, 6.45) is 1.95. The van der Waals surface area contributed by atoms with Crippen molar-refractivity contribution in [1.29, 1.82) is 0 Å². The lowest BCUT2D eigenvalue weighted by atomic mass is 10.0. The number of fused-ring (bicyclic) bond motifs is 2. The minimum Gasteiger partial charge on any atom is -0.497 e. The van der Waals surface area contributed by atoms with Gasteiger partial charge in [0.1, 0.15) is 19.0 Å². The van der Waals surface area contributed by atoms with Crippen molar-refractivity contribution in [2.75, 3.05) is 26.9 Å². The van der Waals surface area contributed by atoms with E-state index < -0.39 is 0 Å². The van der Waals surface area contributed by atoms with Crippen molar-refractivity contribution in [2.24, 2.45) is 0 Å². The first-order chi connectivity index (χ1) is 14.2. The summed E-state index contributed by atoms with van der Waals surface area (Å²) in [6.45, 7) is 1.90. The van der Waals surface area contributed by atoms with E-state index in [9.17, 15) is 4.79 Å². The van der Waals surface area contributed by atoms with Gasteiger partial charge in [0.25, 0.3) is 5.91 Å². The maximum Gasteiger partial charge on any atom is 0.254 e. The number of methoxy groups -OCH3 is 1. The van der Waals surface area contributed by atoms with Gasteiger partial charge in [-0.1, -0.05) is 18.2 Å². The molecule has 1 saturated heterocycles. The Morgan fingerprint density at radius 1 is 0.966 bits per heavy atom. The van der Waals surface area contributed by atoms with Crippen molar-refractivity contribution in [3.63, 3.8) is 0 Å². The Morgan fingerprint density at radius 3 is 2.62 bits per heavy atom. The summed E-state index contributed by atoms with van der Waals surface area (Å²) in [4.78, 5) is 15.3. The van der Waals surface area contributed by atoms with E-state index in [1.807, 2.05) is 53.4 Å². The van der Waals surface area contributed by atoms with Gasteiger partial charge in [-0.3, -0.25) is 4.79 Å². The molecule has 0 unspecified atom stereocenters.